The van der Waals surface area contributed by atoms with Crippen LogP contribution in [0.3, 0.4) is 0 Å². The zero-order valence-corrected chi connectivity index (χ0v) is 54.0. The summed E-state index contributed by atoms with van der Waals surface area (Å²) < 4.78 is 17.0. The van der Waals surface area contributed by atoms with Crippen molar-refractivity contribution in [1.82, 2.24) is 0 Å². The maximum Gasteiger partial charge on any atom is 0.306 e. The molecule has 6 nitrogen and oxygen atoms in total. The fourth-order valence-electron chi connectivity index (χ4n) is 9.77. The lowest BCUT2D eigenvalue weighted by Gasteiger charge is -2.18. The number of carbonyl (C=O) groups excluding carboxylic acids is 3. The van der Waals surface area contributed by atoms with Crippen molar-refractivity contribution >= 4 is 17.9 Å². The Labute approximate surface area is 508 Å². The molecule has 470 valence electrons. The van der Waals surface area contributed by atoms with Gasteiger partial charge >= 0.3 is 17.9 Å². The lowest BCUT2D eigenvalue weighted by Crippen LogP contribution is -2.30. The molecule has 6 heteroatoms. The van der Waals surface area contributed by atoms with Crippen LogP contribution in [-0.2, 0) is 28.6 Å². The average Bonchev–Trinajstić information content (AvgIpc) is 3.47. The number of allylic oxidation sites excluding steroid dienone is 18. The van der Waals surface area contributed by atoms with Gasteiger partial charge in [0.05, 0.1) is 0 Å². The summed E-state index contributed by atoms with van der Waals surface area (Å²) in [5.74, 6) is -0.897. The van der Waals surface area contributed by atoms with E-state index in [1.165, 1.54) is 180 Å². The fraction of sp³-hybridized carbons (Fsp3) is 0.724. The van der Waals surface area contributed by atoms with Crippen molar-refractivity contribution in [3.8, 4) is 0 Å². The number of ether oxygens (including phenoxy) is 3. The van der Waals surface area contributed by atoms with Gasteiger partial charge in [-0.15, -0.1) is 0 Å². The first-order valence-electron chi connectivity index (χ1n) is 34.9. The van der Waals surface area contributed by atoms with Crippen LogP contribution < -0.4 is 0 Å². The molecule has 0 aromatic rings. The predicted molar refractivity (Wildman–Crippen MR) is 357 cm³/mol. The first-order chi connectivity index (χ1) is 40.5. The van der Waals surface area contributed by atoms with E-state index < -0.39 is 6.10 Å². The molecule has 0 aliphatic heterocycles. The molecule has 0 N–H and O–H groups in total. The molecule has 0 aromatic heterocycles. The average molecular weight is 1140 g/mol. The summed E-state index contributed by atoms with van der Waals surface area (Å²) in [5, 5.41) is 0. The highest BCUT2D eigenvalue weighted by molar-refractivity contribution is 5.71. The number of unbranched alkanes of at least 4 members (excludes halogenated alkanes) is 34. The maximum absolute atomic E-state index is 13.0. The van der Waals surface area contributed by atoms with Crippen LogP contribution >= 0.6 is 0 Å². The van der Waals surface area contributed by atoms with Gasteiger partial charge in [0.25, 0.3) is 0 Å². The first-order valence-corrected chi connectivity index (χ1v) is 34.9. The molecule has 0 heterocycles. The molecule has 0 saturated heterocycles. The monoisotopic (exact) mass is 1140 g/mol. The summed E-state index contributed by atoms with van der Waals surface area (Å²) >= 11 is 0. The van der Waals surface area contributed by atoms with Crippen molar-refractivity contribution in [3.05, 3.63) is 109 Å². The van der Waals surface area contributed by atoms with Crippen LogP contribution in [0.4, 0.5) is 0 Å². The van der Waals surface area contributed by atoms with Crippen LogP contribution in [0.15, 0.2) is 109 Å². The number of rotatable bonds is 63. The first kappa shape index (κ1) is 78.1. The molecule has 0 aliphatic rings. The highest BCUT2D eigenvalue weighted by Gasteiger charge is 2.19. The Bertz CT molecular complexity index is 1640. The second-order valence-corrected chi connectivity index (χ2v) is 23.1. The van der Waals surface area contributed by atoms with Crippen LogP contribution in [0.1, 0.15) is 335 Å². The minimum Gasteiger partial charge on any atom is -0.462 e. The van der Waals surface area contributed by atoms with E-state index in [2.05, 4.69) is 130 Å². The molecule has 0 spiro atoms. The quantitative estimate of drug-likeness (QED) is 0.0261. The molecule has 0 amide bonds. The van der Waals surface area contributed by atoms with Gasteiger partial charge in [-0.25, -0.2) is 0 Å². The Morgan fingerprint density at radius 3 is 0.756 bits per heavy atom. The van der Waals surface area contributed by atoms with Gasteiger partial charge in [0.1, 0.15) is 13.2 Å². The third-order valence-corrected chi connectivity index (χ3v) is 15.0. The molecule has 0 saturated carbocycles. The Kier molecular flexibility index (Phi) is 66.2. The summed E-state index contributed by atoms with van der Waals surface area (Å²) in [6.45, 7) is 6.53. The molecule has 0 radical (unpaired) electrons. The Balaban J connectivity index is 4.42. The van der Waals surface area contributed by atoms with Crippen LogP contribution in [0.5, 0.6) is 0 Å². The van der Waals surface area contributed by atoms with Gasteiger partial charge in [-0.05, 0) is 128 Å². The summed E-state index contributed by atoms with van der Waals surface area (Å²) in [5.41, 5.74) is 0. The highest BCUT2D eigenvalue weighted by atomic mass is 16.6. The number of hydrogen-bond donors (Lipinski definition) is 0. The van der Waals surface area contributed by atoms with E-state index in [9.17, 15) is 14.4 Å². The highest BCUT2D eigenvalue weighted by Crippen LogP contribution is 2.16. The molecule has 0 aliphatic carbocycles. The molecular weight excluding hydrogens is 1010 g/mol. The SMILES string of the molecule is CC/C=C\C/C=C\C/C=C\C/C=C\C/C=C\C/C=C\CCCCCCCCC(=O)OCC(COC(=O)CCCCCCCCC/C=C\CCCCCCCCC)OC(=O)CCCCCCCCCCC/C=C\C/C=C\CCCCCCC. The normalized spacial score (nSPS) is 12.8. The van der Waals surface area contributed by atoms with Crippen molar-refractivity contribution < 1.29 is 28.6 Å². The largest absolute Gasteiger partial charge is 0.462 e. The lowest BCUT2D eigenvalue weighted by atomic mass is 10.1. The predicted octanol–water partition coefficient (Wildman–Crippen LogP) is 24.2. The van der Waals surface area contributed by atoms with Crippen molar-refractivity contribution in [1.29, 1.82) is 0 Å². The molecule has 0 fully saturated rings. The van der Waals surface area contributed by atoms with Crippen molar-refractivity contribution in [3.63, 3.8) is 0 Å². The van der Waals surface area contributed by atoms with Crippen molar-refractivity contribution in [2.45, 2.75) is 341 Å². The molecule has 0 rings (SSSR count). The lowest BCUT2D eigenvalue weighted by molar-refractivity contribution is -0.167. The molecule has 0 bridgehead atoms. The maximum atomic E-state index is 13.0. The van der Waals surface area contributed by atoms with Crippen LogP contribution in [0.25, 0.3) is 0 Å². The third kappa shape index (κ3) is 66.9. The van der Waals surface area contributed by atoms with E-state index in [-0.39, 0.29) is 31.1 Å². The summed E-state index contributed by atoms with van der Waals surface area (Å²) in [6, 6.07) is 0. The smallest absolute Gasteiger partial charge is 0.306 e. The molecular formula is C76H130O6. The van der Waals surface area contributed by atoms with Gasteiger partial charge in [0, 0.05) is 19.3 Å². The third-order valence-electron chi connectivity index (χ3n) is 15.0. The minimum absolute atomic E-state index is 0.0865. The molecule has 0 aromatic carbocycles. The Morgan fingerprint density at radius 2 is 0.476 bits per heavy atom. The van der Waals surface area contributed by atoms with Crippen molar-refractivity contribution in [2.24, 2.45) is 0 Å². The Morgan fingerprint density at radius 1 is 0.256 bits per heavy atom. The van der Waals surface area contributed by atoms with E-state index in [1.54, 1.807) is 0 Å². The van der Waals surface area contributed by atoms with Gasteiger partial charge in [-0.3, -0.25) is 14.4 Å². The van der Waals surface area contributed by atoms with E-state index in [1.807, 2.05) is 0 Å². The van der Waals surface area contributed by atoms with E-state index in [4.69, 9.17) is 14.2 Å². The fourth-order valence-corrected chi connectivity index (χ4v) is 9.77. The van der Waals surface area contributed by atoms with E-state index in [0.29, 0.717) is 19.3 Å². The van der Waals surface area contributed by atoms with Gasteiger partial charge in [-0.2, -0.15) is 0 Å². The second kappa shape index (κ2) is 69.6. The summed E-state index contributed by atoms with van der Waals surface area (Å²) in [4.78, 5) is 38.5. The van der Waals surface area contributed by atoms with Gasteiger partial charge in [0.15, 0.2) is 6.10 Å². The summed E-state index contributed by atoms with van der Waals surface area (Å²) in [6.07, 6.45) is 95.2. The number of hydrogen-bond acceptors (Lipinski definition) is 6. The van der Waals surface area contributed by atoms with Gasteiger partial charge < -0.3 is 14.2 Å². The standard InChI is InChI=1S/C76H130O6/c1-4-7-10-13-16-19-22-25-28-31-34-36-37-38-39-41-42-45-48-51-54-57-60-63-66-69-75(78)81-72-73(71-80-74(77)68-65-62-59-56-53-50-47-44-33-30-27-24-21-18-15-12-9-6-3)82-76(79)70-67-64-61-58-55-52-49-46-43-40-35-32-29-26-23-20-17-14-11-8-5-2/h7,10,16,19,23,25-26,28,30,32-36,38-39,42,45,73H,4-6,8-9,11-15,17-18,20-22,24,27,29,31,37,40-41,43-44,46-72H2,1-3H3/b10-7-,19-16-,26-23-,28-25-,33-30-,35-32-,36-34-,39-38-,45-42-. The molecule has 82 heavy (non-hydrogen) atoms. The van der Waals surface area contributed by atoms with Crippen LogP contribution in [-0.4, -0.2) is 37.2 Å². The van der Waals surface area contributed by atoms with Crippen LogP contribution in [0, 0.1) is 0 Å². The molecule has 1 unspecified atom stereocenters. The molecule has 1 atom stereocenters. The van der Waals surface area contributed by atoms with Crippen LogP contribution in [0.2, 0.25) is 0 Å². The van der Waals surface area contributed by atoms with Gasteiger partial charge in [0.2, 0.25) is 0 Å². The van der Waals surface area contributed by atoms with E-state index >= 15 is 0 Å². The topological polar surface area (TPSA) is 78.9 Å². The van der Waals surface area contributed by atoms with Gasteiger partial charge in [-0.1, -0.05) is 297 Å². The minimum atomic E-state index is -0.793. The van der Waals surface area contributed by atoms with Crippen molar-refractivity contribution in [2.75, 3.05) is 13.2 Å². The Hall–Kier alpha value is -3.93. The zero-order valence-electron chi connectivity index (χ0n) is 54.0. The van der Waals surface area contributed by atoms with E-state index in [0.717, 1.165) is 116 Å². The number of esters is 3. The number of carbonyl (C=O) groups is 3. The second-order valence-electron chi connectivity index (χ2n) is 23.1. The zero-order chi connectivity index (χ0) is 59.2. The summed E-state index contributed by atoms with van der Waals surface area (Å²) in [7, 11) is 0.